The van der Waals surface area contributed by atoms with Gasteiger partial charge in [-0.3, -0.25) is 9.80 Å². The first-order valence-electron chi connectivity index (χ1n) is 6.69. The molecule has 2 fully saturated rings. The van der Waals surface area contributed by atoms with Gasteiger partial charge in [-0.1, -0.05) is 20.8 Å². The Morgan fingerprint density at radius 2 is 2.00 bits per heavy atom. The predicted octanol–water partition coefficient (Wildman–Crippen LogP) is 1.14. The number of nitrogens with zero attached hydrogens (tertiary/aromatic N) is 2. The Morgan fingerprint density at radius 3 is 2.69 bits per heavy atom. The van der Waals surface area contributed by atoms with Gasteiger partial charge in [0.2, 0.25) is 0 Å². The lowest BCUT2D eigenvalue weighted by molar-refractivity contribution is 0.0878. The van der Waals surface area contributed by atoms with E-state index in [0.29, 0.717) is 6.04 Å². The van der Waals surface area contributed by atoms with Crippen LogP contribution in [0.3, 0.4) is 0 Å². The van der Waals surface area contributed by atoms with E-state index in [9.17, 15) is 0 Å². The molecule has 2 aliphatic rings. The van der Waals surface area contributed by atoms with E-state index in [0.717, 1.165) is 12.6 Å². The van der Waals surface area contributed by atoms with Crippen LogP contribution in [0.5, 0.6) is 0 Å². The number of piperazine rings is 1. The van der Waals surface area contributed by atoms with Crippen LogP contribution in [0.2, 0.25) is 0 Å². The summed E-state index contributed by atoms with van der Waals surface area (Å²) in [5, 5.41) is 0. The van der Waals surface area contributed by atoms with Crippen LogP contribution >= 0.6 is 0 Å². The summed E-state index contributed by atoms with van der Waals surface area (Å²) in [4.78, 5) is 5.22. The molecule has 3 nitrogen and oxygen atoms in total. The van der Waals surface area contributed by atoms with Crippen LogP contribution in [0.15, 0.2) is 0 Å². The Bertz CT molecular complexity index is 234. The van der Waals surface area contributed by atoms with Crippen molar-refractivity contribution in [1.29, 1.82) is 0 Å². The van der Waals surface area contributed by atoms with Gasteiger partial charge in [-0.2, -0.15) is 0 Å². The first-order chi connectivity index (χ1) is 7.47. The highest BCUT2D eigenvalue weighted by atomic mass is 15.3. The molecule has 94 valence electrons. The summed E-state index contributed by atoms with van der Waals surface area (Å²) >= 11 is 0. The molecule has 2 unspecified atom stereocenters. The minimum Gasteiger partial charge on any atom is -0.326 e. The summed E-state index contributed by atoms with van der Waals surface area (Å²) in [7, 11) is 0. The van der Waals surface area contributed by atoms with E-state index in [4.69, 9.17) is 5.73 Å². The highest BCUT2D eigenvalue weighted by molar-refractivity contribution is 4.89. The first kappa shape index (κ1) is 12.3. The van der Waals surface area contributed by atoms with Gasteiger partial charge in [0, 0.05) is 38.3 Å². The Kier molecular flexibility index (Phi) is 3.57. The lowest BCUT2D eigenvalue weighted by Gasteiger charge is -2.40. The van der Waals surface area contributed by atoms with Crippen LogP contribution in [0, 0.1) is 5.41 Å². The maximum atomic E-state index is 6.26. The molecule has 2 atom stereocenters. The van der Waals surface area contributed by atoms with Gasteiger partial charge in [-0.05, 0) is 24.8 Å². The Labute approximate surface area is 100.0 Å². The van der Waals surface area contributed by atoms with E-state index in [2.05, 4.69) is 30.6 Å². The summed E-state index contributed by atoms with van der Waals surface area (Å²) < 4.78 is 0. The van der Waals surface area contributed by atoms with Crippen molar-refractivity contribution in [3.8, 4) is 0 Å². The molecule has 0 aromatic heterocycles. The Balaban J connectivity index is 1.83. The van der Waals surface area contributed by atoms with Gasteiger partial charge < -0.3 is 5.73 Å². The molecule has 0 radical (unpaired) electrons. The normalized spacial score (nSPS) is 30.4. The van der Waals surface area contributed by atoms with Gasteiger partial charge in [-0.25, -0.2) is 0 Å². The topological polar surface area (TPSA) is 32.5 Å². The SMILES string of the molecule is CC(C)(C)C(N)CN1CCN2CCCC2C1. The highest BCUT2D eigenvalue weighted by Crippen LogP contribution is 2.23. The standard InChI is InChI=1S/C13H27N3/c1-13(2,3)12(14)10-15-7-8-16-6-4-5-11(16)9-15/h11-12H,4-10,14H2,1-3H3. The number of rotatable bonds is 2. The highest BCUT2D eigenvalue weighted by Gasteiger charge is 2.32. The molecular weight excluding hydrogens is 198 g/mol. The van der Waals surface area contributed by atoms with Crippen molar-refractivity contribution in [1.82, 2.24) is 9.80 Å². The fourth-order valence-electron chi connectivity index (χ4n) is 2.77. The molecular formula is C13H27N3. The molecule has 2 N–H and O–H groups in total. The monoisotopic (exact) mass is 225 g/mol. The largest absolute Gasteiger partial charge is 0.326 e. The van der Waals surface area contributed by atoms with E-state index in [-0.39, 0.29) is 5.41 Å². The molecule has 2 heterocycles. The average molecular weight is 225 g/mol. The van der Waals surface area contributed by atoms with Gasteiger partial charge >= 0.3 is 0 Å². The van der Waals surface area contributed by atoms with Crippen LogP contribution < -0.4 is 5.73 Å². The van der Waals surface area contributed by atoms with E-state index in [1.807, 2.05) is 0 Å². The van der Waals surface area contributed by atoms with Crippen molar-refractivity contribution in [3.63, 3.8) is 0 Å². The van der Waals surface area contributed by atoms with Crippen LogP contribution in [-0.4, -0.2) is 54.6 Å². The third kappa shape index (κ3) is 2.76. The number of fused-ring (bicyclic) bond motifs is 1. The quantitative estimate of drug-likeness (QED) is 0.765. The van der Waals surface area contributed by atoms with Crippen molar-refractivity contribution in [2.24, 2.45) is 11.1 Å². The molecule has 2 saturated heterocycles. The third-order valence-electron chi connectivity index (χ3n) is 4.24. The van der Waals surface area contributed by atoms with Crippen LogP contribution in [0.25, 0.3) is 0 Å². The fourth-order valence-corrected chi connectivity index (χ4v) is 2.77. The lowest BCUT2D eigenvalue weighted by atomic mass is 9.87. The van der Waals surface area contributed by atoms with E-state index in [1.54, 1.807) is 0 Å². The molecule has 0 spiro atoms. The third-order valence-corrected chi connectivity index (χ3v) is 4.24. The van der Waals surface area contributed by atoms with Crippen molar-refractivity contribution < 1.29 is 0 Å². The number of hydrogen-bond acceptors (Lipinski definition) is 3. The molecule has 16 heavy (non-hydrogen) atoms. The number of hydrogen-bond donors (Lipinski definition) is 1. The van der Waals surface area contributed by atoms with Crippen LogP contribution in [0.4, 0.5) is 0 Å². The maximum absolute atomic E-state index is 6.26. The summed E-state index contributed by atoms with van der Waals surface area (Å²) in [5.41, 5.74) is 6.49. The van der Waals surface area contributed by atoms with Gasteiger partial charge in [-0.15, -0.1) is 0 Å². The van der Waals surface area contributed by atoms with Crippen LogP contribution in [-0.2, 0) is 0 Å². The van der Waals surface area contributed by atoms with Crippen molar-refractivity contribution in [2.75, 3.05) is 32.7 Å². The second-order valence-corrected chi connectivity index (χ2v) is 6.56. The first-order valence-corrected chi connectivity index (χ1v) is 6.69. The smallest absolute Gasteiger partial charge is 0.0224 e. The molecule has 3 heteroatoms. The summed E-state index contributed by atoms with van der Waals surface area (Å²) in [6.45, 7) is 12.8. The van der Waals surface area contributed by atoms with E-state index < -0.39 is 0 Å². The molecule has 2 rings (SSSR count). The van der Waals surface area contributed by atoms with Crippen molar-refractivity contribution in [2.45, 2.75) is 45.7 Å². The van der Waals surface area contributed by atoms with E-state index >= 15 is 0 Å². The fraction of sp³-hybridized carbons (Fsp3) is 1.00. The van der Waals surface area contributed by atoms with Gasteiger partial charge in [0.25, 0.3) is 0 Å². The minimum atomic E-state index is 0.229. The average Bonchev–Trinajstić information content (AvgIpc) is 2.63. The zero-order valence-electron chi connectivity index (χ0n) is 11.1. The van der Waals surface area contributed by atoms with Crippen molar-refractivity contribution in [3.05, 3.63) is 0 Å². The lowest BCUT2D eigenvalue weighted by Crippen LogP contribution is -2.54. The summed E-state index contributed by atoms with van der Waals surface area (Å²) in [5.74, 6) is 0. The van der Waals surface area contributed by atoms with Crippen molar-refractivity contribution >= 4 is 0 Å². The second-order valence-electron chi connectivity index (χ2n) is 6.56. The summed E-state index contributed by atoms with van der Waals surface area (Å²) in [6, 6.07) is 1.11. The Morgan fingerprint density at radius 1 is 1.25 bits per heavy atom. The zero-order valence-corrected chi connectivity index (χ0v) is 11.1. The molecule has 0 amide bonds. The van der Waals surface area contributed by atoms with Gasteiger partial charge in [0.1, 0.15) is 0 Å². The summed E-state index contributed by atoms with van der Waals surface area (Å²) in [6.07, 6.45) is 2.78. The van der Waals surface area contributed by atoms with E-state index in [1.165, 1.54) is 39.0 Å². The predicted molar refractivity (Wildman–Crippen MR) is 68.5 cm³/mol. The van der Waals surface area contributed by atoms with Crippen LogP contribution in [0.1, 0.15) is 33.6 Å². The van der Waals surface area contributed by atoms with Gasteiger partial charge in [0.15, 0.2) is 0 Å². The molecule has 0 saturated carbocycles. The number of nitrogens with two attached hydrogens (primary N) is 1. The zero-order chi connectivity index (χ0) is 11.8. The molecule has 0 aliphatic carbocycles. The maximum Gasteiger partial charge on any atom is 0.0224 e. The van der Waals surface area contributed by atoms with Gasteiger partial charge in [0.05, 0.1) is 0 Å². The molecule has 0 aromatic rings. The second kappa shape index (κ2) is 4.63. The molecule has 2 aliphatic heterocycles. The molecule has 0 bridgehead atoms. The minimum absolute atomic E-state index is 0.229. The molecule has 0 aromatic carbocycles. The Hall–Kier alpha value is -0.120.